The Morgan fingerprint density at radius 2 is 2.00 bits per heavy atom. The highest BCUT2D eigenvalue weighted by Gasteiger charge is 2.33. The molecule has 2 aromatic carbocycles. The molecule has 1 heterocycles. The molecule has 1 N–H and O–H groups in total. The molecule has 0 aromatic heterocycles. The molecule has 0 saturated heterocycles. The highest BCUT2D eigenvalue weighted by Crippen LogP contribution is 2.27. The molecule has 138 valence electrons. The van der Waals surface area contributed by atoms with Crippen molar-refractivity contribution in [3.63, 3.8) is 0 Å². The Morgan fingerprint density at radius 3 is 2.63 bits per heavy atom. The zero-order valence-electron chi connectivity index (χ0n) is 14.6. The molecule has 1 atom stereocenters. The summed E-state index contributed by atoms with van der Waals surface area (Å²) in [5, 5.41) is 14.6. The van der Waals surface area contributed by atoms with E-state index in [-0.39, 0.29) is 11.6 Å². The SMILES string of the molecule is COc1ccc(N2N=C(C)C(C=Nc3cccc(F)c3C(=O)O)C2=O)cc1. The van der Waals surface area contributed by atoms with Gasteiger partial charge in [-0.1, -0.05) is 6.07 Å². The van der Waals surface area contributed by atoms with E-state index >= 15 is 0 Å². The fourth-order valence-corrected chi connectivity index (χ4v) is 2.65. The van der Waals surface area contributed by atoms with Crippen LogP contribution in [0.15, 0.2) is 52.6 Å². The number of halogens is 1. The molecule has 1 aliphatic heterocycles. The molecule has 1 unspecified atom stereocenters. The molecule has 0 bridgehead atoms. The summed E-state index contributed by atoms with van der Waals surface area (Å²) < 4.78 is 18.8. The van der Waals surface area contributed by atoms with Gasteiger partial charge in [0.1, 0.15) is 23.0 Å². The van der Waals surface area contributed by atoms with Crippen molar-refractivity contribution in [3.8, 4) is 5.75 Å². The van der Waals surface area contributed by atoms with Crippen molar-refractivity contribution in [2.45, 2.75) is 6.92 Å². The fraction of sp³-hybridized carbons (Fsp3) is 0.158. The normalized spacial score (nSPS) is 16.7. The number of aromatic carboxylic acids is 1. The van der Waals surface area contributed by atoms with Crippen LogP contribution in [0.3, 0.4) is 0 Å². The summed E-state index contributed by atoms with van der Waals surface area (Å²) in [6.07, 6.45) is 1.28. The van der Waals surface area contributed by atoms with Gasteiger partial charge in [0.05, 0.1) is 24.2 Å². The minimum atomic E-state index is -1.43. The molecular formula is C19H16FN3O4. The van der Waals surface area contributed by atoms with Crippen molar-refractivity contribution < 1.29 is 23.8 Å². The third-order valence-electron chi connectivity index (χ3n) is 4.07. The van der Waals surface area contributed by atoms with E-state index in [0.717, 1.165) is 6.07 Å². The summed E-state index contributed by atoms with van der Waals surface area (Å²) in [6.45, 7) is 1.67. The number of amides is 1. The van der Waals surface area contributed by atoms with E-state index in [9.17, 15) is 14.0 Å². The number of carbonyl (C=O) groups is 2. The summed E-state index contributed by atoms with van der Waals surface area (Å²) in [7, 11) is 1.54. The van der Waals surface area contributed by atoms with Crippen LogP contribution < -0.4 is 9.75 Å². The number of carboxylic acids is 1. The number of benzene rings is 2. The van der Waals surface area contributed by atoms with Crippen molar-refractivity contribution >= 4 is 35.2 Å². The third-order valence-corrected chi connectivity index (χ3v) is 4.07. The first-order valence-corrected chi connectivity index (χ1v) is 8.01. The van der Waals surface area contributed by atoms with E-state index in [2.05, 4.69) is 10.1 Å². The molecule has 0 fully saturated rings. The molecule has 1 amide bonds. The van der Waals surface area contributed by atoms with E-state index in [1.54, 1.807) is 38.3 Å². The first-order chi connectivity index (χ1) is 12.9. The zero-order valence-corrected chi connectivity index (χ0v) is 14.6. The zero-order chi connectivity index (χ0) is 19.6. The maximum absolute atomic E-state index is 13.7. The van der Waals surface area contributed by atoms with Crippen molar-refractivity contribution in [1.29, 1.82) is 0 Å². The predicted octanol–water partition coefficient (Wildman–Crippen LogP) is 3.27. The minimum Gasteiger partial charge on any atom is -0.497 e. The molecule has 0 spiro atoms. The van der Waals surface area contributed by atoms with Crippen molar-refractivity contribution in [1.82, 2.24) is 0 Å². The van der Waals surface area contributed by atoms with Gasteiger partial charge < -0.3 is 9.84 Å². The number of hydrogen-bond donors (Lipinski definition) is 1. The van der Waals surface area contributed by atoms with Crippen molar-refractivity contribution in [2.24, 2.45) is 16.0 Å². The Hall–Kier alpha value is -3.55. The van der Waals surface area contributed by atoms with Crippen LogP contribution >= 0.6 is 0 Å². The van der Waals surface area contributed by atoms with Crippen LogP contribution in [0.2, 0.25) is 0 Å². The second kappa shape index (κ2) is 7.36. The maximum atomic E-state index is 13.7. The number of ether oxygens (including phenoxy) is 1. The number of rotatable bonds is 5. The lowest BCUT2D eigenvalue weighted by molar-refractivity contribution is -0.118. The second-order valence-corrected chi connectivity index (χ2v) is 5.78. The van der Waals surface area contributed by atoms with Crippen LogP contribution in [0.1, 0.15) is 17.3 Å². The number of nitrogens with zero attached hydrogens (tertiary/aromatic N) is 3. The monoisotopic (exact) mass is 369 g/mol. The van der Waals surface area contributed by atoms with Crippen LogP contribution in [-0.2, 0) is 4.79 Å². The molecule has 0 saturated carbocycles. The fourth-order valence-electron chi connectivity index (χ4n) is 2.65. The van der Waals surface area contributed by atoms with Crippen LogP contribution in [0.5, 0.6) is 5.75 Å². The quantitative estimate of drug-likeness (QED) is 0.819. The Kier molecular flexibility index (Phi) is 4.98. The molecule has 0 radical (unpaired) electrons. The molecular weight excluding hydrogens is 353 g/mol. The number of hydrogen-bond acceptors (Lipinski definition) is 5. The number of anilines is 1. The van der Waals surface area contributed by atoms with Crippen LogP contribution in [0, 0.1) is 11.7 Å². The van der Waals surface area contributed by atoms with Crippen molar-refractivity contribution in [3.05, 3.63) is 53.8 Å². The lowest BCUT2D eigenvalue weighted by atomic mass is 10.1. The summed E-state index contributed by atoms with van der Waals surface area (Å²) >= 11 is 0. The molecule has 7 nitrogen and oxygen atoms in total. The average molecular weight is 369 g/mol. The van der Waals surface area contributed by atoms with E-state index in [0.29, 0.717) is 17.1 Å². The largest absolute Gasteiger partial charge is 0.497 e. The van der Waals surface area contributed by atoms with Gasteiger partial charge >= 0.3 is 5.97 Å². The van der Waals surface area contributed by atoms with Crippen molar-refractivity contribution in [2.75, 3.05) is 12.1 Å². The molecule has 1 aliphatic rings. The Bertz CT molecular complexity index is 954. The van der Waals surface area contributed by atoms with Gasteiger partial charge in [0.25, 0.3) is 5.91 Å². The highest BCUT2D eigenvalue weighted by atomic mass is 19.1. The van der Waals surface area contributed by atoms with E-state index in [1.165, 1.54) is 23.4 Å². The second-order valence-electron chi connectivity index (χ2n) is 5.78. The molecule has 0 aliphatic carbocycles. The average Bonchev–Trinajstić information content (AvgIpc) is 2.93. The van der Waals surface area contributed by atoms with Gasteiger partial charge in [-0.2, -0.15) is 10.1 Å². The Morgan fingerprint density at radius 1 is 1.30 bits per heavy atom. The number of aliphatic imine (C=N–C) groups is 1. The van der Waals surface area contributed by atoms with Gasteiger partial charge in [0.2, 0.25) is 0 Å². The number of carbonyl (C=O) groups excluding carboxylic acids is 1. The van der Waals surface area contributed by atoms with Crippen LogP contribution in [-0.4, -0.2) is 36.0 Å². The van der Waals surface area contributed by atoms with Gasteiger partial charge in [-0.25, -0.2) is 9.18 Å². The maximum Gasteiger partial charge on any atom is 0.340 e. The molecule has 2 aromatic rings. The highest BCUT2D eigenvalue weighted by molar-refractivity contribution is 6.23. The van der Waals surface area contributed by atoms with Crippen LogP contribution in [0.25, 0.3) is 0 Å². The standard InChI is InChI=1S/C19H16FN3O4/c1-11-14(10-21-16-5-3-4-15(20)17(16)19(25)26)18(24)23(22-11)12-6-8-13(27-2)9-7-12/h3-10,14H,1-2H3,(H,25,26). The number of hydrazone groups is 1. The van der Waals surface area contributed by atoms with E-state index < -0.39 is 23.3 Å². The number of carboxylic acid groups (broad SMARTS) is 1. The first kappa shape index (κ1) is 18.2. The van der Waals surface area contributed by atoms with Gasteiger partial charge in [0, 0.05) is 6.21 Å². The predicted molar refractivity (Wildman–Crippen MR) is 98.6 cm³/mol. The number of methoxy groups -OCH3 is 1. The summed E-state index contributed by atoms with van der Waals surface area (Å²) in [5.41, 5.74) is 0.452. The van der Waals surface area contributed by atoms with E-state index in [4.69, 9.17) is 9.84 Å². The third kappa shape index (κ3) is 3.55. The lowest BCUT2D eigenvalue weighted by Gasteiger charge is -2.13. The minimum absolute atomic E-state index is 0.0639. The molecule has 8 heteroatoms. The molecule has 27 heavy (non-hydrogen) atoms. The smallest absolute Gasteiger partial charge is 0.340 e. The summed E-state index contributed by atoms with van der Waals surface area (Å²) in [5.74, 6) is -2.77. The van der Waals surface area contributed by atoms with Crippen LogP contribution in [0.4, 0.5) is 15.8 Å². The summed E-state index contributed by atoms with van der Waals surface area (Å²) in [4.78, 5) is 27.9. The van der Waals surface area contributed by atoms with Gasteiger partial charge in [0.15, 0.2) is 0 Å². The van der Waals surface area contributed by atoms with Gasteiger partial charge in [-0.3, -0.25) is 9.79 Å². The van der Waals surface area contributed by atoms with E-state index in [1.807, 2.05) is 0 Å². The Balaban J connectivity index is 1.86. The lowest BCUT2D eigenvalue weighted by Crippen LogP contribution is -2.27. The first-order valence-electron chi connectivity index (χ1n) is 8.01. The Labute approximate surface area is 154 Å². The molecule has 3 rings (SSSR count). The van der Waals surface area contributed by atoms with Gasteiger partial charge in [-0.05, 0) is 43.3 Å². The van der Waals surface area contributed by atoms with Gasteiger partial charge in [-0.15, -0.1) is 0 Å². The topological polar surface area (TPSA) is 91.6 Å². The summed E-state index contributed by atoms with van der Waals surface area (Å²) in [6, 6.07) is 10.6.